The van der Waals surface area contributed by atoms with Gasteiger partial charge in [-0.1, -0.05) is 24.6 Å². The molecule has 1 aliphatic rings. The fraction of sp³-hybridized carbons (Fsp3) is 0.308. The second-order valence-electron chi connectivity index (χ2n) is 4.37. The maximum absolute atomic E-state index is 13.9. The van der Waals surface area contributed by atoms with E-state index in [1.807, 2.05) is 0 Å². The molecule has 1 unspecified atom stereocenters. The molecule has 1 saturated heterocycles. The minimum atomic E-state index is -0.854. The maximum atomic E-state index is 13.9. The predicted molar refractivity (Wildman–Crippen MR) is 69.7 cm³/mol. The Labute approximate surface area is 119 Å². The van der Waals surface area contributed by atoms with Crippen molar-refractivity contribution in [1.29, 1.82) is 0 Å². The monoisotopic (exact) mass is 298 g/mol. The van der Waals surface area contributed by atoms with Crippen LogP contribution in [-0.2, 0) is 9.59 Å². The number of nitrogens with zero attached hydrogens (tertiary/aromatic N) is 1. The van der Waals surface area contributed by atoms with Crippen molar-refractivity contribution >= 4 is 29.3 Å². The second-order valence-corrected chi connectivity index (χ2v) is 4.78. The van der Waals surface area contributed by atoms with E-state index in [4.69, 9.17) is 11.6 Å². The molecular formula is C13H12ClFN2O3. The van der Waals surface area contributed by atoms with E-state index in [2.05, 4.69) is 5.32 Å². The van der Waals surface area contributed by atoms with Crippen LogP contribution in [0.4, 0.5) is 4.39 Å². The molecule has 7 heteroatoms. The Morgan fingerprint density at radius 2 is 2.20 bits per heavy atom. The third-order valence-electron chi connectivity index (χ3n) is 3.09. The molecule has 0 aromatic heterocycles. The SMILES string of the molecule is CCC1C(=O)NC(=O)CN1C(=O)c1cccc(Cl)c1F. The summed E-state index contributed by atoms with van der Waals surface area (Å²) in [4.78, 5) is 36.5. The van der Waals surface area contributed by atoms with E-state index in [1.54, 1.807) is 6.92 Å². The number of halogens is 2. The second kappa shape index (κ2) is 5.58. The molecule has 0 aliphatic carbocycles. The van der Waals surface area contributed by atoms with Gasteiger partial charge in [0.25, 0.3) is 5.91 Å². The molecule has 0 bridgehead atoms. The minimum absolute atomic E-state index is 0.184. The lowest BCUT2D eigenvalue weighted by Crippen LogP contribution is -2.59. The van der Waals surface area contributed by atoms with Crippen molar-refractivity contribution in [1.82, 2.24) is 10.2 Å². The average Bonchev–Trinajstić information content (AvgIpc) is 2.40. The number of hydrogen-bond donors (Lipinski definition) is 1. The minimum Gasteiger partial charge on any atom is -0.317 e. The zero-order chi connectivity index (χ0) is 14.9. The number of piperazine rings is 1. The molecule has 1 aromatic carbocycles. The van der Waals surface area contributed by atoms with Crippen LogP contribution in [0, 0.1) is 5.82 Å². The van der Waals surface area contributed by atoms with Crippen molar-refractivity contribution in [2.24, 2.45) is 0 Å². The summed E-state index contributed by atoms with van der Waals surface area (Å²) in [5.41, 5.74) is -0.251. The van der Waals surface area contributed by atoms with Gasteiger partial charge < -0.3 is 4.90 Å². The lowest BCUT2D eigenvalue weighted by atomic mass is 10.1. The average molecular weight is 299 g/mol. The largest absolute Gasteiger partial charge is 0.317 e. The van der Waals surface area contributed by atoms with E-state index in [1.165, 1.54) is 18.2 Å². The quantitative estimate of drug-likeness (QED) is 0.838. The van der Waals surface area contributed by atoms with Gasteiger partial charge in [0.2, 0.25) is 11.8 Å². The van der Waals surface area contributed by atoms with E-state index < -0.39 is 29.6 Å². The lowest BCUT2D eigenvalue weighted by Gasteiger charge is -2.33. The van der Waals surface area contributed by atoms with Gasteiger partial charge in [-0.2, -0.15) is 0 Å². The Morgan fingerprint density at radius 3 is 2.85 bits per heavy atom. The molecular weight excluding hydrogens is 287 g/mol. The Balaban J connectivity index is 2.37. The number of amides is 3. The van der Waals surface area contributed by atoms with Crippen LogP contribution in [0.5, 0.6) is 0 Å². The Kier molecular flexibility index (Phi) is 4.04. The highest BCUT2D eigenvalue weighted by atomic mass is 35.5. The first kappa shape index (κ1) is 14.5. The van der Waals surface area contributed by atoms with Crippen LogP contribution in [0.15, 0.2) is 18.2 Å². The smallest absolute Gasteiger partial charge is 0.258 e. The third-order valence-corrected chi connectivity index (χ3v) is 3.38. The molecule has 106 valence electrons. The van der Waals surface area contributed by atoms with Crippen molar-refractivity contribution < 1.29 is 18.8 Å². The third kappa shape index (κ3) is 2.51. The summed E-state index contributed by atoms with van der Waals surface area (Å²) in [6.07, 6.45) is 0.326. The number of carbonyl (C=O) groups excluding carboxylic acids is 3. The normalized spacial score (nSPS) is 18.9. The summed E-state index contributed by atoms with van der Waals surface area (Å²) in [7, 11) is 0. The van der Waals surface area contributed by atoms with Gasteiger partial charge >= 0.3 is 0 Å². The van der Waals surface area contributed by atoms with Gasteiger partial charge in [-0.25, -0.2) is 4.39 Å². The molecule has 1 atom stereocenters. The Bertz CT molecular complexity index is 591. The molecule has 1 aliphatic heterocycles. The van der Waals surface area contributed by atoms with Crippen molar-refractivity contribution in [3.05, 3.63) is 34.6 Å². The molecule has 0 spiro atoms. The summed E-state index contributed by atoms with van der Waals surface area (Å²) >= 11 is 5.63. The van der Waals surface area contributed by atoms with Crippen LogP contribution in [0.3, 0.4) is 0 Å². The van der Waals surface area contributed by atoms with Crippen molar-refractivity contribution in [2.75, 3.05) is 6.54 Å². The molecule has 1 N–H and O–H groups in total. The molecule has 0 radical (unpaired) electrons. The van der Waals surface area contributed by atoms with Crippen LogP contribution in [-0.4, -0.2) is 35.2 Å². The molecule has 20 heavy (non-hydrogen) atoms. The van der Waals surface area contributed by atoms with Gasteiger partial charge in [0.05, 0.1) is 10.6 Å². The summed E-state index contributed by atoms with van der Waals surface area (Å²) in [5.74, 6) is -2.72. The highest BCUT2D eigenvalue weighted by molar-refractivity contribution is 6.31. The fourth-order valence-corrected chi connectivity index (χ4v) is 2.28. The number of carbonyl (C=O) groups is 3. The number of imide groups is 1. The zero-order valence-electron chi connectivity index (χ0n) is 10.7. The van der Waals surface area contributed by atoms with Crippen LogP contribution in [0.2, 0.25) is 5.02 Å². The van der Waals surface area contributed by atoms with E-state index >= 15 is 0 Å². The topological polar surface area (TPSA) is 66.5 Å². The van der Waals surface area contributed by atoms with Crippen LogP contribution < -0.4 is 5.32 Å². The molecule has 5 nitrogen and oxygen atoms in total. The van der Waals surface area contributed by atoms with Gasteiger partial charge in [-0.3, -0.25) is 19.7 Å². The standard InChI is InChI=1S/C13H12ClFN2O3/c1-2-9-12(19)16-10(18)6-17(9)13(20)7-4-3-5-8(14)11(7)15/h3-5,9H,2,6H2,1H3,(H,16,18,19). The lowest BCUT2D eigenvalue weighted by molar-refractivity contribution is -0.138. The molecule has 1 fully saturated rings. The first-order valence-corrected chi connectivity index (χ1v) is 6.42. The summed E-state index contributed by atoms with van der Waals surface area (Å²) in [6, 6.07) is 3.23. The van der Waals surface area contributed by atoms with Gasteiger partial charge in [-0.05, 0) is 18.6 Å². The molecule has 1 aromatic rings. The number of benzene rings is 1. The maximum Gasteiger partial charge on any atom is 0.258 e. The van der Waals surface area contributed by atoms with Crippen LogP contribution in [0.1, 0.15) is 23.7 Å². The number of nitrogens with one attached hydrogen (secondary N) is 1. The number of rotatable bonds is 2. The van der Waals surface area contributed by atoms with E-state index in [0.717, 1.165) is 4.90 Å². The summed E-state index contributed by atoms with van der Waals surface area (Å²) in [5, 5.41) is 1.97. The number of hydrogen-bond acceptors (Lipinski definition) is 3. The predicted octanol–water partition coefficient (Wildman–Crippen LogP) is 1.36. The van der Waals surface area contributed by atoms with Crippen molar-refractivity contribution in [3.63, 3.8) is 0 Å². The van der Waals surface area contributed by atoms with Gasteiger partial charge in [0, 0.05) is 0 Å². The van der Waals surface area contributed by atoms with Gasteiger partial charge in [-0.15, -0.1) is 0 Å². The first-order chi connectivity index (χ1) is 9.45. The Morgan fingerprint density at radius 1 is 1.50 bits per heavy atom. The fourth-order valence-electron chi connectivity index (χ4n) is 2.11. The van der Waals surface area contributed by atoms with Gasteiger partial charge in [0.15, 0.2) is 5.82 Å². The highest BCUT2D eigenvalue weighted by Crippen LogP contribution is 2.21. The molecule has 1 heterocycles. The highest BCUT2D eigenvalue weighted by Gasteiger charge is 2.36. The summed E-state index contributed by atoms with van der Waals surface area (Å²) in [6.45, 7) is 1.42. The van der Waals surface area contributed by atoms with Crippen molar-refractivity contribution in [3.8, 4) is 0 Å². The van der Waals surface area contributed by atoms with E-state index in [9.17, 15) is 18.8 Å². The Hall–Kier alpha value is -1.95. The van der Waals surface area contributed by atoms with Gasteiger partial charge in [0.1, 0.15) is 12.6 Å². The first-order valence-electron chi connectivity index (χ1n) is 6.04. The zero-order valence-corrected chi connectivity index (χ0v) is 11.4. The molecule has 3 amide bonds. The van der Waals surface area contributed by atoms with E-state index in [-0.39, 0.29) is 17.1 Å². The van der Waals surface area contributed by atoms with Crippen LogP contribution >= 0.6 is 11.6 Å². The van der Waals surface area contributed by atoms with Crippen LogP contribution in [0.25, 0.3) is 0 Å². The van der Waals surface area contributed by atoms with Crippen molar-refractivity contribution in [2.45, 2.75) is 19.4 Å². The summed E-state index contributed by atoms with van der Waals surface area (Å²) < 4.78 is 13.9. The molecule has 0 saturated carbocycles. The van der Waals surface area contributed by atoms with E-state index in [0.29, 0.717) is 6.42 Å². The molecule has 2 rings (SSSR count).